The van der Waals surface area contributed by atoms with Crippen LogP contribution in [0.2, 0.25) is 5.02 Å². The van der Waals surface area contributed by atoms with Gasteiger partial charge in [0, 0.05) is 30.6 Å². The molecule has 188 valence electrons. The maximum absolute atomic E-state index is 12.0. The molecule has 3 rings (SSSR count). The van der Waals surface area contributed by atoms with Crippen molar-refractivity contribution in [1.82, 2.24) is 10.2 Å². The Balaban J connectivity index is 0.000000247. The molecule has 0 aliphatic rings. The summed E-state index contributed by atoms with van der Waals surface area (Å²) in [5.41, 5.74) is 4.56. The van der Waals surface area contributed by atoms with E-state index in [2.05, 4.69) is 16.8 Å². The Labute approximate surface area is 216 Å². The van der Waals surface area contributed by atoms with Crippen molar-refractivity contribution in [2.75, 3.05) is 14.2 Å². The molecule has 8 heteroatoms. The molecule has 0 aliphatic carbocycles. The number of aliphatic hydroxyl groups is 1. The van der Waals surface area contributed by atoms with Crippen LogP contribution >= 0.6 is 22.9 Å². The summed E-state index contributed by atoms with van der Waals surface area (Å²) in [7, 11) is 3.16. The van der Waals surface area contributed by atoms with Gasteiger partial charge in [0.15, 0.2) is 6.10 Å². The normalized spacial score (nSPS) is 12.2. The van der Waals surface area contributed by atoms with Crippen LogP contribution in [0.3, 0.4) is 0 Å². The van der Waals surface area contributed by atoms with E-state index < -0.39 is 12.2 Å². The number of aliphatic hydroxyl groups excluding tert-OH is 1. The van der Waals surface area contributed by atoms with E-state index >= 15 is 0 Å². The average molecular weight is 517 g/mol. The zero-order chi connectivity index (χ0) is 25.8. The molecule has 2 atom stereocenters. The maximum atomic E-state index is 12.0. The third-order valence-electron chi connectivity index (χ3n) is 5.53. The van der Waals surface area contributed by atoms with Crippen LogP contribution in [0.5, 0.6) is 0 Å². The van der Waals surface area contributed by atoms with Crippen LogP contribution in [-0.2, 0) is 33.8 Å². The fourth-order valence-corrected chi connectivity index (χ4v) is 4.33. The monoisotopic (exact) mass is 516 g/mol. The number of halogens is 1. The lowest BCUT2D eigenvalue weighted by atomic mass is 10.1. The highest BCUT2D eigenvalue weighted by molar-refractivity contribution is 7.10. The summed E-state index contributed by atoms with van der Waals surface area (Å²) < 4.78 is 4.96. The molecule has 3 aromatic rings. The number of carbonyl (C=O) groups is 2. The third kappa shape index (κ3) is 9.11. The summed E-state index contributed by atoms with van der Waals surface area (Å²) >= 11 is 7.76. The first kappa shape index (κ1) is 28.5. The number of nitrogens with zero attached hydrogens (tertiary/aromatic N) is 1. The number of carbonyl (C=O) groups excluding carboxylic acids is 2. The smallest absolute Gasteiger partial charge is 0.254 e. The number of aryl methyl sites for hydroxylation is 1. The molecule has 0 bridgehead atoms. The average Bonchev–Trinajstić information content (AvgIpc) is 3.31. The number of benzene rings is 2. The van der Waals surface area contributed by atoms with Crippen molar-refractivity contribution in [3.63, 3.8) is 0 Å². The van der Waals surface area contributed by atoms with Gasteiger partial charge in [-0.25, -0.2) is 0 Å². The standard InChI is InChI=1S/C14H21NO3.C13H12ClNOS/c1-10-7-5-6-8-12(10)9-15(3)14(17)13(16)11(2)18-4;14-13-4-2-1-3-11(13)5-10-6-12(17-8-10)7-15-9-16/h5-8,11,13,16H,9H2,1-4H3;1-4,6,8-9H,5,7H2,(H,15,16)/t11-,13+;/m0./s1. The Morgan fingerprint density at radius 2 is 1.86 bits per heavy atom. The molecule has 6 nitrogen and oxygen atoms in total. The van der Waals surface area contributed by atoms with Crippen molar-refractivity contribution in [3.8, 4) is 0 Å². The van der Waals surface area contributed by atoms with Gasteiger partial charge in [-0.3, -0.25) is 9.59 Å². The summed E-state index contributed by atoms with van der Waals surface area (Å²) in [6, 6.07) is 17.8. The molecule has 2 aromatic carbocycles. The van der Waals surface area contributed by atoms with Gasteiger partial charge in [0.2, 0.25) is 6.41 Å². The van der Waals surface area contributed by atoms with Crippen LogP contribution in [0.25, 0.3) is 0 Å². The highest BCUT2D eigenvalue weighted by Gasteiger charge is 2.25. The van der Waals surface area contributed by atoms with Gasteiger partial charge in [0.1, 0.15) is 0 Å². The molecule has 1 heterocycles. The number of nitrogens with one attached hydrogen (secondary N) is 1. The number of methoxy groups -OCH3 is 1. The van der Waals surface area contributed by atoms with Crippen molar-refractivity contribution >= 4 is 35.3 Å². The second kappa shape index (κ2) is 14.6. The summed E-state index contributed by atoms with van der Waals surface area (Å²) in [5, 5.41) is 15.3. The van der Waals surface area contributed by atoms with Crippen molar-refractivity contribution in [3.05, 3.63) is 92.1 Å². The highest BCUT2D eigenvalue weighted by atomic mass is 35.5. The van der Waals surface area contributed by atoms with Gasteiger partial charge in [-0.2, -0.15) is 0 Å². The van der Waals surface area contributed by atoms with E-state index in [1.165, 1.54) is 17.6 Å². The van der Waals surface area contributed by atoms with Crippen LogP contribution < -0.4 is 5.32 Å². The van der Waals surface area contributed by atoms with Crippen LogP contribution in [0.4, 0.5) is 0 Å². The first-order valence-corrected chi connectivity index (χ1v) is 12.5. The molecule has 0 spiro atoms. The molecule has 1 aromatic heterocycles. The molecule has 0 radical (unpaired) electrons. The van der Waals surface area contributed by atoms with Crippen LogP contribution in [-0.4, -0.2) is 48.7 Å². The lowest BCUT2D eigenvalue weighted by molar-refractivity contribution is -0.146. The molecule has 0 saturated heterocycles. The molecule has 2 amide bonds. The van der Waals surface area contributed by atoms with E-state index in [1.54, 1.807) is 25.3 Å². The first-order valence-electron chi connectivity index (χ1n) is 11.2. The fourth-order valence-electron chi connectivity index (χ4n) is 3.29. The molecule has 0 aliphatic heterocycles. The third-order valence-corrected chi connectivity index (χ3v) is 6.89. The predicted molar refractivity (Wildman–Crippen MR) is 142 cm³/mol. The number of hydrogen-bond acceptors (Lipinski definition) is 5. The summed E-state index contributed by atoms with van der Waals surface area (Å²) in [4.78, 5) is 24.8. The SMILES string of the molecule is CO[C@@H](C)[C@@H](O)C(=O)N(C)Cc1ccccc1C.O=CNCc1cc(Cc2ccccc2Cl)cs1. The van der Waals surface area contributed by atoms with Gasteiger partial charge in [-0.1, -0.05) is 54.1 Å². The Morgan fingerprint density at radius 1 is 1.20 bits per heavy atom. The number of thiophene rings is 1. The van der Waals surface area contributed by atoms with Crippen LogP contribution in [0, 0.1) is 6.92 Å². The fraction of sp³-hybridized carbons (Fsp3) is 0.333. The lowest BCUT2D eigenvalue weighted by Crippen LogP contribution is -2.42. The second-order valence-corrected chi connectivity index (χ2v) is 9.60. The molecular formula is C27H33ClN2O4S. The predicted octanol–water partition coefficient (Wildman–Crippen LogP) is 4.59. The van der Waals surface area contributed by atoms with Gasteiger partial charge in [0.25, 0.3) is 5.91 Å². The minimum atomic E-state index is -1.12. The van der Waals surface area contributed by atoms with Gasteiger partial charge in [0.05, 0.1) is 12.6 Å². The topological polar surface area (TPSA) is 78.9 Å². The van der Waals surface area contributed by atoms with Gasteiger partial charge in [-0.05, 0) is 60.0 Å². The second-order valence-electron chi connectivity index (χ2n) is 8.19. The molecule has 0 saturated carbocycles. The Hall–Kier alpha value is -2.71. The molecule has 0 unspecified atom stereocenters. The van der Waals surface area contributed by atoms with Gasteiger partial charge >= 0.3 is 0 Å². The Kier molecular flexibility index (Phi) is 11.9. The molecule has 0 fully saturated rings. The van der Waals surface area contributed by atoms with Crippen molar-refractivity contribution in [2.24, 2.45) is 0 Å². The lowest BCUT2D eigenvalue weighted by Gasteiger charge is -2.24. The highest BCUT2D eigenvalue weighted by Crippen LogP contribution is 2.22. The van der Waals surface area contributed by atoms with Gasteiger partial charge in [-0.15, -0.1) is 11.3 Å². The van der Waals surface area contributed by atoms with E-state index in [0.29, 0.717) is 19.5 Å². The number of rotatable bonds is 10. The number of likely N-dealkylation sites (N-methyl/N-ethyl adjacent to an activating group) is 1. The molecular weight excluding hydrogens is 484 g/mol. The van der Waals surface area contributed by atoms with Crippen molar-refractivity contribution in [1.29, 1.82) is 0 Å². The Bertz CT molecular complexity index is 1090. The number of hydrogen-bond donors (Lipinski definition) is 2. The van der Waals surface area contributed by atoms with E-state index in [1.807, 2.05) is 55.5 Å². The minimum Gasteiger partial charge on any atom is -0.381 e. The number of amides is 2. The Morgan fingerprint density at radius 3 is 2.49 bits per heavy atom. The number of ether oxygens (including phenoxy) is 1. The summed E-state index contributed by atoms with van der Waals surface area (Å²) in [6.07, 6.45) is -0.0779. The van der Waals surface area contributed by atoms with Crippen LogP contribution in [0.15, 0.2) is 60.0 Å². The van der Waals surface area contributed by atoms with Gasteiger partial charge < -0.3 is 20.1 Å². The first-order chi connectivity index (χ1) is 16.8. The van der Waals surface area contributed by atoms with E-state index in [0.717, 1.165) is 33.0 Å². The zero-order valence-electron chi connectivity index (χ0n) is 20.5. The maximum Gasteiger partial charge on any atom is 0.254 e. The summed E-state index contributed by atoms with van der Waals surface area (Å²) in [6.45, 7) is 4.75. The van der Waals surface area contributed by atoms with E-state index in [4.69, 9.17) is 16.3 Å². The summed E-state index contributed by atoms with van der Waals surface area (Å²) in [5.74, 6) is -0.326. The van der Waals surface area contributed by atoms with Crippen molar-refractivity contribution in [2.45, 2.75) is 45.6 Å². The van der Waals surface area contributed by atoms with Crippen LogP contribution in [0.1, 0.15) is 34.1 Å². The molecule has 2 N–H and O–H groups in total. The quantitative estimate of drug-likeness (QED) is 0.386. The largest absolute Gasteiger partial charge is 0.381 e. The zero-order valence-corrected chi connectivity index (χ0v) is 22.1. The minimum absolute atomic E-state index is 0.326. The molecule has 35 heavy (non-hydrogen) atoms. The van der Waals surface area contributed by atoms with Crippen molar-refractivity contribution < 1.29 is 19.4 Å². The van der Waals surface area contributed by atoms with E-state index in [-0.39, 0.29) is 5.91 Å². The van der Waals surface area contributed by atoms with E-state index in [9.17, 15) is 14.7 Å².